The minimum Gasteiger partial charge on any atom is -0.368 e. The topological polar surface area (TPSA) is 84.1 Å². The summed E-state index contributed by atoms with van der Waals surface area (Å²) in [7, 11) is 0. The molecule has 1 aromatic heterocycles. The number of likely N-dealkylation sites (tertiary alicyclic amines) is 1. The van der Waals surface area contributed by atoms with Crippen LogP contribution in [0.2, 0.25) is 0 Å². The van der Waals surface area contributed by atoms with E-state index in [1.165, 1.54) is 17.3 Å². The SMILES string of the molecule is NC(=O)c1cncc(NCC2CCN(CC(F)(F)F)C2)n1. The Morgan fingerprint density at radius 1 is 1.48 bits per heavy atom. The standard InChI is InChI=1S/C12H16F3N5O/c13-12(14,15)7-20-2-1-8(6-20)3-18-10-5-17-4-9(19-10)11(16)21/h4-5,8H,1-3,6-7H2,(H2,16,21)(H,18,19). The zero-order valence-electron chi connectivity index (χ0n) is 11.2. The second-order valence-corrected chi connectivity index (χ2v) is 5.04. The molecule has 0 radical (unpaired) electrons. The number of nitrogens with zero attached hydrogens (tertiary/aromatic N) is 3. The van der Waals surface area contributed by atoms with Gasteiger partial charge in [-0.05, 0) is 18.9 Å². The van der Waals surface area contributed by atoms with Crippen molar-refractivity contribution in [1.29, 1.82) is 0 Å². The van der Waals surface area contributed by atoms with Crippen molar-refractivity contribution in [3.05, 3.63) is 18.1 Å². The number of alkyl halides is 3. The quantitative estimate of drug-likeness (QED) is 0.843. The number of anilines is 1. The fourth-order valence-corrected chi connectivity index (χ4v) is 2.30. The van der Waals surface area contributed by atoms with Crippen LogP contribution in [0.4, 0.5) is 19.0 Å². The van der Waals surface area contributed by atoms with Crippen LogP contribution in [0, 0.1) is 5.92 Å². The minimum absolute atomic E-state index is 0.0464. The van der Waals surface area contributed by atoms with Crippen LogP contribution in [0.1, 0.15) is 16.9 Å². The van der Waals surface area contributed by atoms with E-state index in [-0.39, 0.29) is 11.6 Å². The van der Waals surface area contributed by atoms with Gasteiger partial charge in [-0.2, -0.15) is 13.2 Å². The van der Waals surface area contributed by atoms with Crippen LogP contribution in [0.15, 0.2) is 12.4 Å². The first-order valence-corrected chi connectivity index (χ1v) is 6.48. The van der Waals surface area contributed by atoms with Gasteiger partial charge in [0.1, 0.15) is 11.5 Å². The largest absolute Gasteiger partial charge is 0.401 e. The highest BCUT2D eigenvalue weighted by atomic mass is 19.4. The third-order valence-electron chi connectivity index (χ3n) is 3.23. The van der Waals surface area contributed by atoms with Crippen LogP contribution in [0.3, 0.4) is 0 Å². The molecule has 21 heavy (non-hydrogen) atoms. The van der Waals surface area contributed by atoms with Crippen molar-refractivity contribution < 1.29 is 18.0 Å². The van der Waals surface area contributed by atoms with E-state index in [1.54, 1.807) is 0 Å². The zero-order valence-corrected chi connectivity index (χ0v) is 11.2. The van der Waals surface area contributed by atoms with E-state index in [1.807, 2.05) is 0 Å². The highest BCUT2D eigenvalue weighted by Crippen LogP contribution is 2.22. The summed E-state index contributed by atoms with van der Waals surface area (Å²) in [5.41, 5.74) is 5.14. The molecular formula is C12H16F3N5O. The Morgan fingerprint density at radius 2 is 2.24 bits per heavy atom. The lowest BCUT2D eigenvalue weighted by atomic mass is 10.1. The lowest BCUT2D eigenvalue weighted by Gasteiger charge is -2.18. The van der Waals surface area contributed by atoms with E-state index in [0.717, 1.165) is 0 Å². The predicted molar refractivity (Wildman–Crippen MR) is 69.6 cm³/mol. The molecule has 6 nitrogen and oxygen atoms in total. The van der Waals surface area contributed by atoms with E-state index in [4.69, 9.17) is 5.73 Å². The fraction of sp³-hybridized carbons (Fsp3) is 0.583. The average molecular weight is 303 g/mol. The Balaban J connectivity index is 1.82. The predicted octanol–water partition coefficient (Wildman–Crippen LogP) is 0.872. The first-order valence-electron chi connectivity index (χ1n) is 6.48. The van der Waals surface area contributed by atoms with Crippen LogP contribution in [0.25, 0.3) is 0 Å². The third-order valence-corrected chi connectivity index (χ3v) is 3.23. The molecule has 1 saturated heterocycles. The van der Waals surface area contributed by atoms with E-state index < -0.39 is 18.6 Å². The monoisotopic (exact) mass is 303 g/mol. The first-order chi connectivity index (χ1) is 9.83. The average Bonchev–Trinajstić information content (AvgIpc) is 2.82. The summed E-state index contributed by atoms with van der Waals surface area (Å²) in [6.07, 6.45) is -0.779. The zero-order chi connectivity index (χ0) is 15.5. The Morgan fingerprint density at radius 3 is 2.90 bits per heavy atom. The number of primary amides is 1. The number of nitrogens with two attached hydrogens (primary N) is 1. The van der Waals surface area contributed by atoms with Gasteiger partial charge >= 0.3 is 6.18 Å². The summed E-state index contributed by atoms with van der Waals surface area (Å²) in [6.45, 7) is 0.417. The van der Waals surface area contributed by atoms with Crippen LogP contribution >= 0.6 is 0 Å². The van der Waals surface area contributed by atoms with Gasteiger partial charge in [0.2, 0.25) is 0 Å². The van der Waals surface area contributed by atoms with Crippen LogP contribution in [0.5, 0.6) is 0 Å². The number of carbonyl (C=O) groups excluding carboxylic acids is 1. The third kappa shape index (κ3) is 4.85. The minimum atomic E-state index is -4.16. The first kappa shape index (κ1) is 15.5. The second kappa shape index (κ2) is 6.25. The number of amides is 1. The molecule has 0 aromatic carbocycles. The summed E-state index contributed by atoms with van der Waals surface area (Å²) in [6, 6.07) is 0. The maximum absolute atomic E-state index is 12.3. The number of aromatic nitrogens is 2. The second-order valence-electron chi connectivity index (χ2n) is 5.04. The van der Waals surface area contributed by atoms with Crippen molar-refractivity contribution in [2.45, 2.75) is 12.6 Å². The molecule has 0 saturated carbocycles. The Kier molecular flexibility index (Phi) is 4.61. The highest BCUT2D eigenvalue weighted by molar-refractivity contribution is 5.90. The molecule has 1 amide bonds. The Bertz CT molecular complexity index is 508. The highest BCUT2D eigenvalue weighted by Gasteiger charge is 2.34. The van der Waals surface area contributed by atoms with Crippen molar-refractivity contribution in [3.63, 3.8) is 0 Å². The lowest BCUT2D eigenvalue weighted by Crippen LogP contribution is -2.33. The molecule has 1 unspecified atom stereocenters. The van der Waals surface area contributed by atoms with Gasteiger partial charge in [-0.15, -0.1) is 0 Å². The Labute approximate surface area is 119 Å². The van der Waals surface area contributed by atoms with E-state index in [0.29, 0.717) is 31.9 Å². The molecule has 3 N–H and O–H groups in total. The molecule has 9 heteroatoms. The number of carbonyl (C=O) groups is 1. The maximum Gasteiger partial charge on any atom is 0.401 e. The molecule has 1 atom stereocenters. The van der Waals surface area contributed by atoms with Crippen molar-refractivity contribution in [1.82, 2.24) is 14.9 Å². The van der Waals surface area contributed by atoms with Gasteiger partial charge in [0.15, 0.2) is 0 Å². The number of hydrogen-bond acceptors (Lipinski definition) is 5. The summed E-state index contributed by atoms with van der Waals surface area (Å²) in [5.74, 6) is -0.185. The Hall–Kier alpha value is -1.90. The van der Waals surface area contributed by atoms with Gasteiger partial charge < -0.3 is 11.1 Å². The van der Waals surface area contributed by atoms with Crippen molar-refractivity contribution in [2.75, 3.05) is 31.5 Å². The molecule has 0 bridgehead atoms. The van der Waals surface area contributed by atoms with Crippen LogP contribution in [-0.4, -0.2) is 53.1 Å². The van der Waals surface area contributed by atoms with Crippen molar-refractivity contribution in [2.24, 2.45) is 11.7 Å². The molecule has 1 aromatic rings. The number of hydrogen-bond donors (Lipinski definition) is 2. The van der Waals surface area contributed by atoms with Crippen molar-refractivity contribution >= 4 is 11.7 Å². The van der Waals surface area contributed by atoms with Gasteiger partial charge in [-0.1, -0.05) is 0 Å². The molecule has 2 rings (SSSR count). The number of nitrogens with one attached hydrogen (secondary N) is 1. The lowest BCUT2D eigenvalue weighted by molar-refractivity contribution is -0.143. The van der Waals surface area contributed by atoms with E-state index in [2.05, 4.69) is 15.3 Å². The van der Waals surface area contributed by atoms with Gasteiger partial charge in [0, 0.05) is 13.1 Å². The maximum atomic E-state index is 12.3. The number of rotatable bonds is 5. The van der Waals surface area contributed by atoms with Gasteiger partial charge in [0.25, 0.3) is 5.91 Å². The van der Waals surface area contributed by atoms with Crippen molar-refractivity contribution in [3.8, 4) is 0 Å². The molecule has 2 heterocycles. The van der Waals surface area contributed by atoms with Gasteiger partial charge in [-0.25, -0.2) is 4.98 Å². The molecule has 116 valence electrons. The molecule has 1 fully saturated rings. The van der Waals surface area contributed by atoms with Gasteiger partial charge in [0.05, 0.1) is 18.9 Å². The smallest absolute Gasteiger partial charge is 0.368 e. The number of halogens is 3. The van der Waals surface area contributed by atoms with E-state index >= 15 is 0 Å². The summed E-state index contributed by atoms with van der Waals surface area (Å²) in [5, 5.41) is 2.98. The van der Waals surface area contributed by atoms with Gasteiger partial charge in [-0.3, -0.25) is 14.7 Å². The summed E-state index contributed by atoms with van der Waals surface area (Å²) in [4.78, 5) is 20.2. The van der Waals surface area contributed by atoms with Crippen LogP contribution < -0.4 is 11.1 Å². The molecule has 0 spiro atoms. The fourth-order valence-electron chi connectivity index (χ4n) is 2.30. The summed E-state index contributed by atoms with van der Waals surface area (Å²) < 4.78 is 36.9. The molecule has 1 aliphatic heterocycles. The normalized spacial score (nSPS) is 19.7. The van der Waals surface area contributed by atoms with Crippen LogP contribution in [-0.2, 0) is 0 Å². The molecular weight excluding hydrogens is 287 g/mol. The van der Waals surface area contributed by atoms with E-state index in [9.17, 15) is 18.0 Å². The molecule has 1 aliphatic rings. The summed E-state index contributed by atoms with van der Waals surface area (Å²) >= 11 is 0. The molecule has 0 aliphatic carbocycles.